The van der Waals surface area contributed by atoms with Crippen LogP contribution in [-0.2, 0) is 9.63 Å². The summed E-state index contributed by atoms with van der Waals surface area (Å²) < 4.78 is 0. The van der Waals surface area contributed by atoms with E-state index in [0.29, 0.717) is 10.7 Å². The van der Waals surface area contributed by atoms with E-state index in [-0.39, 0.29) is 11.4 Å². The van der Waals surface area contributed by atoms with E-state index in [0.717, 1.165) is 0 Å². The maximum Gasteiger partial charge on any atom is 0.378 e. The molecule has 6 nitrogen and oxygen atoms in total. The molecule has 0 saturated carbocycles. The summed E-state index contributed by atoms with van der Waals surface area (Å²) in [5.74, 6) is -0.585. The summed E-state index contributed by atoms with van der Waals surface area (Å²) in [6.45, 7) is 1.55. The number of carbonyl (C=O) groups is 1. The average molecular weight is 253 g/mol. The fraction of sp³-hybridized carbons (Fsp3) is 0.100. The molecule has 1 saturated heterocycles. The van der Waals surface area contributed by atoms with Crippen molar-refractivity contribution in [2.45, 2.75) is 6.92 Å². The van der Waals surface area contributed by atoms with Crippen LogP contribution in [0.15, 0.2) is 40.8 Å². The lowest BCUT2D eigenvalue weighted by atomic mass is 10.2. The Kier molecular flexibility index (Phi) is 3.08. The van der Waals surface area contributed by atoms with E-state index in [1.54, 1.807) is 31.2 Å². The van der Waals surface area contributed by atoms with Crippen LogP contribution < -0.4 is 10.6 Å². The van der Waals surface area contributed by atoms with Crippen LogP contribution in [0.1, 0.15) is 6.92 Å². The SMILES string of the molecule is C/C(N=N)=C1/C(=O)ONN1c1cccc(Cl)c1. The molecule has 1 aliphatic rings. The van der Waals surface area contributed by atoms with Gasteiger partial charge in [-0.3, -0.25) is 0 Å². The Labute approximate surface area is 102 Å². The van der Waals surface area contributed by atoms with E-state index in [4.69, 9.17) is 17.1 Å². The predicted molar refractivity (Wildman–Crippen MR) is 61.0 cm³/mol. The first-order chi connectivity index (χ1) is 8.13. The van der Waals surface area contributed by atoms with E-state index in [1.807, 2.05) is 0 Å². The van der Waals surface area contributed by atoms with Gasteiger partial charge in [-0.25, -0.2) is 15.3 Å². The molecule has 0 aliphatic carbocycles. The minimum absolute atomic E-state index is 0.169. The van der Waals surface area contributed by atoms with Gasteiger partial charge in [0.25, 0.3) is 0 Å². The van der Waals surface area contributed by atoms with Gasteiger partial charge in [-0.05, 0) is 25.1 Å². The van der Waals surface area contributed by atoms with Crippen molar-refractivity contribution in [1.82, 2.24) is 5.59 Å². The molecule has 1 heterocycles. The van der Waals surface area contributed by atoms with Crippen LogP contribution in [0.25, 0.3) is 0 Å². The molecule has 0 bridgehead atoms. The van der Waals surface area contributed by atoms with Crippen molar-refractivity contribution < 1.29 is 9.63 Å². The lowest BCUT2D eigenvalue weighted by Gasteiger charge is -2.15. The number of anilines is 1. The highest BCUT2D eigenvalue weighted by atomic mass is 35.5. The Morgan fingerprint density at radius 1 is 1.59 bits per heavy atom. The molecule has 0 aromatic heterocycles. The van der Waals surface area contributed by atoms with Crippen molar-refractivity contribution >= 4 is 23.3 Å². The second-order valence-electron chi connectivity index (χ2n) is 3.34. The van der Waals surface area contributed by atoms with Gasteiger partial charge in [0.1, 0.15) is 0 Å². The van der Waals surface area contributed by atoms with Crippen LogP contribution in [-0.4, -0.2) is 5.97 Å². The maximum atomic E-state index is 11.5. The van der Waals surface area contributed by atoms with Crippen molar-refractivity contribution in [1.29, 1.82) is 5.53 Å². The molecule has 1 aromatic carbocycles. The first-order valence-electron chi connectivity index (χ1n) is 4.74. The number of allylic oxidation sites excluding steroid dienone is 1. The summed E-state index contributed by atoms with van der Waals surface area (Å²) in [5.41, 5.74) is 10.4. The average Bonchev–Trinajstić information content (AvgIpc) is 2.70. The summed E-state index contributed by atoms with van der Waals surface area (Å²) in [6.07, 6.45) is 0. The van der Waals surface area contributed by atoms with E-state index in [1.165, 1.54) is 5.01 Å². The highest BCUT2D eigenvalue weighted by Gasteiger charge is 2.31. The minimum Gasteiger partial charge on any atom is -0.345 e. The first kappa shape index (κ1) is 11.6. The van der Waals surface area contributed by atoms with Gasteiger partial charge in [0.15, 0.2) is 5.70 Å². The number of halogens is 1. The van der Waals surface area contributed by atoms with Gasteiger partial charge in [-0.1, -0.05) is 23.3 Å². The van der Waals surface area contributed by atoms with E-state index >= 15 is 0 Å². The number of hydrogen-bond donors (Lipinski definition) is 2. The Bertz CT molecular complexity index is 515. The fourth-order valence-electron chi connectivity index (χ4n) is 1.43. The second kappa shape index (κ2) is 4.52. The summed E-state index contributed by atoms with van der Waals surface area (Å²) in [4.78, 5) is 16.2. The molecule has 1 aromatic rings. The largest absolute Gasteiger partial charge is 0.378 e. The molecule has 0 radical (unpaired) electrons. The van der Waals surface area contributed by atoms with Crippen LogP contribution in [0, 0.1) is 5.53 Å². The molecule has 7 heteroatoms. The van der Waals surface area contributed by atoms with Gasteiger partial charge in [-0.2, -0.15) is 5.11 Å². The normalized spacial score (nSPS) is 18.0. The van der Waals surface area contributed by atoms with Crippen molar-refractivity contribution in [3.63, 3.8) is 0 Å². The van der Waals surface area contributed by atoms with Crippen molar-refractivity contribution in [3.05, 3.63) is 40.7 Å². The molecular weight excluding hydrogens is 244 g/mol. The zero-order valence-electron chi connectivity index (χ0n) is 8.90. The molecule has 0 unspecified atom stereocenters. The first-order valence-corrected chi connectivity index (χ1v) is 5.12. The highest BCUT2D eigenvalue weighted by molar-refractivity contribution is 6.30. The third-order valence-electron chi connectivity index (χ3n) is 2.22. The van der Waals surface area contributed by atoms with Gasteiger partial charge < -0.3 is 4.84 Å². The second-order valence-corrected chi connectivity index (χ2v) is 3.78. The molecular formula is C10H9ClN4O2. The predicted octanol–water partition coefficient (Wildman–Crippen LogP) is 2.39. The number of hydrogen-bond acceptors (Lipinski definition) is 6. The number of carbonyl (C=O) groups excluding carboxylic acids is 1. The summed E-state index contributed by atoms with van der Waals surface area (Å²) >= 11 is 5.86. The molecule has 17 heavy (non-hydrogen) atoms. The highest BCUT2D eigenvalue weighted by Crippen LogP contribution is 2.26. The van der Waals surface area contributed by atoms with Crippen LogP contribution >= 0.6 is 11.6 Å². The fourth-order valence-corrected chi connectivity index (χ4v) is 1.62. The Morgan fingerprint density at radius 2 is 2.35 bits per heavy atom. The lowest BCUT2D eigenvalue weighted by molar-refractivity contribution is -0.140. The number of nitrogens with one attached hydrogen (secondary N) is 2. The summed E-state index contributed by atoms with van der Waals surface area (Å²) in [5, 5.41) is 5.15. The molecule has 0 amide bonds. The van der Waals surface area contributed by atoms with Crippen molar-refractivity contribution in [2.75, 3.05) is 5.01 Å². The van der Waals surface area contributed by atoms with Crippen LogP contribution in [0.4, 0.5) is 5.69 Å². The van der Waals surface area contributed by atoms with E-state index in [9.17, 15) is 4.79 Å². The molecule has 1 aliphatic heterocycles. The van der Waals surface area contributed by atoms with Gasteiger partial charge >= 0.3 is 5.97 Å². The van der Waals surface area contributed by atoms with Crippen molar-refractivity contribution in [3.8, 4) is 0 Å². The summed E-state index contributed by atoms with van der Waals surface area (Å²) in [6, 6.07) is 6.87. The molecule has 0 atom stereocenters. The van der Waals surface area contributed by atoms with Gasteiger partial charge in [0.05, 0.1) is 11.4 Å². The third-order valence-corrected chi connectivity index (χ3v) is 2.46. The monoisotopic (exact) mass is 252 g/mol. The number of hydrazine groups is 1. The van der Waals surface area contributed by atoms with E-state index in [2.05, 4.69) is 15.5 Å². The number of benzene rings is 1. The molecule has 88 valence electrons. The summed E-state index contributed by atoms with van der Waals surface area (Å²) in [7, 11) is 0. The van der Waals surface area contributed by atoms with Gasteiger partial charge in [-0.15, -0.1) is 0 Å². The Balaban J connectivity index is 2.46. The van der Waals surface area contributed by atoms with E-state index < -0.39 is 5.97 Å². The number of rotatable bonds is 2. The standard InChI is InChI=1S/C10H9ClN4O2/c1-6(13-12)9-10(16)17-14-15(9)8-4-2-3-7(11)5-8/h2-5,12,14H,1H3/b9-6+,13-12?. The smallest absolute Gasteiger partial charge is 0.345 e. The third kappa shape index (κ3) is 2.13. The molecule has 1 fully saturated rings. The zero-order valence-corrected chi connectivity index (χ0v) is 9.65. The zero-order chi connectivity index (χ0) is 12.4. The van der Waals surface area contributed by atoms with Gasteiger partial charge in [0.2, 0.25) is 0 Å². The van der Waals surface area contributed by atoms with Crippen molar-refractivity contribution in [2.24, 2.45) is 5.11 Å². The Morgan fingerprint density at radius 3 is 3.00 bits per heavy atom. The van der Waals surface area contributed by atoms with Crippen LogP contribution in [0.2, 0.25) is 5.02 Å². The minimum atomic E-state index is -0.585. The molecule has 2 N–H and O–H groups in total. The quantitative estimate of drug-likeness (QED) is 0.626. The van der Waals surface area contributed by atoms with Crippen LogP contribution in [0.3, 0.4) is 0 Å². The maximum absolute atomic E-state index is 11.5. The molecule has 0 spiro atoms. The lowest BCUT2D eigenvalue weighted by Crippen LogP contribution is -2.29. The van der Waals surface area contributed by atoms with Gasteiger partial charge in [0, 0.05) is 5.02 Å². The Hall–Kier alpha value is -1.92. The number of nitrogens with zero attached hydrogens (tertiary/aromatic N) is 2. The van der Waals surface area contributed by atoms with Crippen LogP contribution in [0.5, 0.6) is 0 Å². The topological polar surface area (TPSA) is 77.8 Å². The molecule has 2 rings (SSSR count).